The van der Waals surface area contributed by atoms with Crippen molar-refractivity contribution in [2.75, 3.05) is 6.54 Å². The van der Waals surface area contributed by atoms with Gasteiger partial charge in [0.05, 0.1) is 0 Å². The summed E-state index contributed by atoms with van der Waals surface area (Å²) in [6.07, 6.45) is 3.64. The summed E-state index contributed by atoms with van der Waals surface area (Å²) < 4.78 is 27.6. The van der Waals surface area contributed by atoms with Crippen LogP contribution >= 0.6 is 0 Å². The van der Waals surface area contributed by atoms with E-state index in [0.29, 0.717) is 4.90 Å². The fourth-order valence-electron chi connectivity index (χ4n) is 3.51. The van der Waals surface area contributed by atoms with Crippen molar-refractivity contribution in [3.05, 3.63) is 35.4 Å². The second kappa shape index (κ2) is 7.53. The Morgan fingerprint density at radius 3 is 2.61 bits per heavy atom. The van der Waals surface area contributed by atoms with Gasteiger partial charge in [0.1, 0.15) is 23.7 Å². The highest BCUT2D eigenvalue weighted by atomic mass is 19.1. The third-order valence-electron chi connectivity index (χ3n) is 4.99. The van der Waals surface area contributed by atoms with Crippen molar-refractivity contribution in [1.82, 2.24) is 20.9 Å². The Morgan fingerprint density at radius 1 is 1.25 bits per heavy atom. The predicted molar refractivity (Wildman–Crippen MR) is 92.9 cm³/mol. The molecule has 1 saturated heterocycles. The highest BCUT2D eigenvalue weighted by molar-refractivity contribution is 6.10. The zero-order valence-corrected chi connectivity index (χ0v) is 15.2. The first-order chi connectivity index (χ1) is 13.2. The third-order valence-corrected chi connectivity index (χ3v) is 4.99. The number of carbonyl (C=O) groups is 4. The Morgan fingerprint density at radius 2 is 1.93 bits per heavy atom. The van der Waals surface area contributed by atoms with Crippen LogP contribution in [0.5, 0.6) is 0 Å². The lowest BCUT2D eigenvalue weighted by atomic mass is 9.91. The quantitative estimate of drug-likeness (QED) is 0.673. The Hall–Kier alpha value is -3.04. The van der Waals surface area contributed by atoms with Crippen LogP contribution in [0.3, 0.4) is 0 Å². The average molecular weight is 394 g/mol. The molecule has 1 aliphatic heterocycles. The van der Waals surface area contributed by atoms with Crippen molar-refractivity contribution in [2.45, 2.75) is 44.2 Å². The Kier molecular flexibility index (Phi) is 5.30. The van der Waals surface area contributed by atoms with E-state index in [1.165, 1.54) is 6.92 Å². The number of rotatable bonds is 4. The lowest BCUT2D eigenvalue weighted by Crippen LogP contribution is -2.48. The number of amides is 6. The first-order valence-corrected chi connectivity index (χ1v) is 8.90. The molecule has 8 nitrogen and oxygen atoms in total. The van der Waals surface area contributed by atoms with Gasteiger partial charge in [0.25, 0.3) is 5.91 Å². The molecule has 28 heavy (non-hydrogen) atoms. The molecule has 1 aromatic rings. The lowest BCUT2D eigenvalue weighted by molar-refractivity contribution is -0.134. The number of imide groups is 2. The summed E-state index contributed by atoms with van der Waals surface area (Å²) in [7, 11) is 0. The molecule has 1 aliphatic carbocycles. The molecule has 1 aromatic carbocycles. The minimum atomic E-state index is -1.87. The van der Waals surface area contributed by atoms with Gasteiger partial charge in [-0.25, -0.2) is 18.4 Å². The van der Waals surface area contributed by atoms with E-state index < -0.39 is 47.6 Å². The summed E-state index contributed by atoms with van der Waals surface area (Å²) in [5.74, 6) is -3.45. The summed E-state index contributed by atoms with van der Waals surface area (Å²) >= 11 is 0. The molecule has 1 saturated carbocycles. The molecule has 0 bridgehead atoms. The van der Waals surface area contributed by atoms with E-state index in [0.717, 1.165) is 43.9 Å². The molecule has 0 radical (unpaired) electrons. The van der Waals surface area contributed by atoms with Crippen molar-refractivity contribution >= 4 is 23.9 Å². The average Bonchev–Trinajstić information content (AvgIpc) is 3.20. The fourth-order valence-corrected chi connectivity index (χ4v) is 3.51. The van der Waals surface area contributed by atoms with Gasteiger partial charge in [-0.15, -0.1) is 0 Å². The van der Waals surface area contributed by atoms with E-state index >= 15 is 0 Å². The second-order valence-corrected chi connectivity index (χ2v) is 7.07. The Bertz CT molecular complexity index is 841. The maximum absolute atomic E-state index is 14.1. The summed E-state index contributed by atoms with van der Waals surface area (Å²) in [5, 5.41) is 6.99. The van der Waals surface area contributed by atoms with Crippen LogP contribution in [0.2, 0.25) is 0 Å². The van der Waals surface area contributed by atoms with Crippen molar-refractivity contribution in [3.63, 3.8) is 0 Å². The molecule has 1 heterocycles. The van der Waals surface area contributed by atoms with Crippen LogP contribution in [0.15, 0.2) is 18.2 Å². The Balaban J connectivity index is 1.67. The fraction of sp³-hybridized carbons (Fsp3) is 0.444. The molecule has 1 atom stereocenters. The highest BCUT2D eigenvalue weighted by Gasteiger charge is 2.51. The maximum Gasteiger partial charge on any atom is 0.325 e. The van der Waals surface area contributed by atoms with Crippen molar-refractivity contribution in [3.8, 4) is 0 Å². The lowest BCUT2D eigenvalue weighted by Gasteiger charge is -2.22. The molecule has 3 rings (SSSR count). The van der Waals surface area contributed by atoms with Gasteiger partial charge in [-0.2, -0.15) is 0 Å². The minimum Gasteiger partial charge on any atom is -0.335 e. The van der Waals surface area contributed by atoms with Gasteiger partial charge in [0.2, 0.25) is 5.91 Å². The van der Waals surface area contributed by atoms with E-state index in [1.54, 1.807) is 0 Å². The number of urea groups is 2. The van der Waals surface area contributed by atoms with Gasteiger partial charge in [-0.05, 0) is 38.0 Å². The number of nitrogens with zero attached hydrogens (tertiary/aromatic N) is 1. The van der Waals surface area contributed by atoms with Crippen LogP contribution in [-0.2, 0) is 15.1 Å². The number of hydrogen-bond donors (Lipinski definition) is 3. The van der Waals surface area contributed by atoms with Gasteiger partial charge in [-0.3, -0.25) is 19.8 Å². The van der Waals surface area contributed by atoms with E-state index in [4.69, 9.17) is 0 Å². The van der Waals surface area contributed by atoms with E-state index in [2.05, 4.69) is 16.0 Å². The van der Waals surface area contributed by atoms with Crippen LogP contribution < -0.4 is 16.0 Å². The highest BCUT2D eigenvalue weighted by Crippen LogP contribution is 2.31. The van der Waals surface area contributed by atoms with Crippen LogP contribution in [0.1, 0.15) is 38.2 Å². The first-order valence-electron chi connectivity index (χ1n) is 8.90. The molecule has 2 aliphatic rings. The van der Waals surface area contributed by atoms with Crippen LogP contribution in [0.4, 0.5) is 18.4 Å². The van der Waals surface area contributed by atoms with Gasteiger partial charge < -0.3 is 10.6 Å². The second-order valence-electron chi connectivity index (χ2n) is 7.07. The maximum atomic E-state index is 14.1. The summed E-state index contributed by atoms with van der Waals surface area (Å²) in [6, 6.07) is 0.885. The molecule has 0 aromatic heterocycles. The Labute approximate surface area is 159 Å². The number of hydrogen-bond acceptors (Lipinski definition) is 4. The minimum absolute atomic E-state index is 0.0104. The zero-order chi connectivity index (χ0) is 20.5. The predicted octanol–water partition coefficient (Wildman–Crippen LogP) is 1.50. The largest absolute Gasteiger partial charge is 0.335 e. The zero-order valence-electron chi connectivity index (χ0n) is 15.2. The van der Waals surface area contributed by atoms with Crippen LogP contribution in [0, 0.1) is 11.6 Å². The topological polar surface area (TPSA) is 108 Å². The van der Waals surface area contributed by atoms with Gasteiger partial charge in [-0.1, -0.05) is 12.8 Å². The van der Waals surface area contributed by atoms with Gasteiger partial charge in [0, 0.05) is 11.6 Å². The SMILES string of the molecule is C[C@@]1(c2cc(F)ccc2F)NC(=O)N(CC(=O)NC(=O)NC2CCCC2)C1=O. The number of halogens is 2. The molecule has 10 heteroatoms. The van der Waals surface area contributed by atoms with Gasteiger partial charge >= 0.3 is 12.1 Å². The molecule has 0 unspecified atom stereocenters. The van der Waals surface area contributed by atoms with E-state index in [1.807, 2.05) is 0 Å². The standard InChI is InChI=1S/C18H20F2N4O4/c1-18(12-8-10(19)6-7-13(12)20)15(26)24(17(28)23-18)9-14(25)22-16(27)21-11-4-2-3-5-11/h6-8,11H,2-5,9H2,1H3,(H,23,28)(H2,21,22,25,27)/t18-/m0/s1. The van der Waals surface area contributed by atoms with Crippen LogP contribution in [0.25, 0.3) is 0 Å². The smallest absolute Gasteiger partial charge is 0.325 e. The molecule has 3 N–H and O–H groups in total. The molecular weight excluding hydrogens is 374 g/mol. The normalized spacial score (nSPS) is 22.3. The number of carbonyl (C=O) groups excluding carboxylic acids is 4. The molecule has 150 valence electrons. The first kappa shape index (κ1) is 19.7. The monoisotopic (exact) mass is 394 g/mol. The molecule has 6 amide bonds. The van der Waals surface area contributed by atoms with E-state index in [-0.39, 0.29) is 11.6 Å². The molecule has 2 fully saturated rings. The van der Waals surface area contributed by atoms with Gasteiger partial charge in [0.15, 0.2) is 0 Å². The summed E-state index contributed by atoms with van der Waals surface area (Å²) in [5.41, 5.74) is -2.22. The third kappa shape index (κ3) is 3.80. The summed E-state index contributed by atoms with van der Waals surface area (Å²) in [4.78, 5) is 49.3. The van der Waals surface area contributed by atoms with Crippen molar-refractivity contribution in [1.29, 1.82) is 0 Å². The van der Waals surface area contributed by atoms with Crippen LogP contribution in [-0.4, -0.2) is 41.4 Å². The van der Waals surface area contributed by atoms with Crippen molar-refractivity contribution < 1.29 is 28.0 Å². The van der Waals surface area contributed by atoms with E-state index in [9.17, 15) is 28.0 Å². The molecular formula is C18H20F2N4O4. The number of nitrogens with one attached hydrogen (secondary N) is 3. The molecule has 0 spiro atoms. The summed E-state index contributed by atoms with van der Waals surface area (Å²) in [6.45, 7) is 0.491. The van der Waals surface area contributed by atoms with Crippen molar-refractivity contribution in [2.24, 2.45) is 0 Å². The number of benzene rings is 1.